The minimum absolute atomic E-state index is 0.114. The standard InChI is InChI=1S/C18H20FN3/c19-16-5-1-4-15-17(16)21-13-18(15)6-9-22(10-7-18)12-14-3-2-8-20-11-14/h1-5,8,11,21H,6-7,9-10,12-13H2. The van der Waals surface area contributed by atoms with Crippen molar-refractivity contribution in [3.63, 3.8) is 0 Å². The van der Waals surface area contributed by atoms with Crippen LogP contribution in [0.1, 0.15) is 24.0 Å². The summed E-state index contributed by atoms with van der Waals surface area (Å²) in [7, 11) is 0. The highest BCUT2D eigenvalue weighted by Gasteiger charge is 2.42. The molecule has 0 unspecified atom stereocenters. The SMILES string of the molecule is Fc1cccc2c1NCC21CCN(Cc2cccnc2)CC1. The van der Waals surface area contributed by atoms with Crippen LogP contribution in [0.4, 0.5) is 10.1 Å². The molecule has 2 aromatic rings. The normalized spacial score (nSPS) is 19.9. The molecule has 2 aliphatic heterocycles. The van der Waals surface area contributed by atoms with Gasteiger partial charge in [0.25, 0.3) is 0 Å². The minimum atomic E-state index is -0.118. The lowest BCUT2D eigenvalue weighted by atomic mass is 9.74. The van der Waals surface area contributed by atoms with E-state index in [9.17, 15) is 4.39 Å². The summed E-state index contributed by atoms with van der Waals surface area (Å²) in [6.07, 6.45) is 5.91. The Kier molecular flexibility index (Phi) is 3.34. The summed E-state index contributed by atoms with van der Waals surface area (Å²) < 4.78 is 13.9. The molecule has 2 aliphatic rings. The van der Waals surface area contributed by atoms with Crippen LogP contribution in [0.3, 0.4) is 0 Å². The van der Waals surface area contributed by atoms with E-state index in [1.165, 1.54) is 11.1 Å². The van der Waals surface area contributed by atoms with Gasteiger partial charge in [-0.2, -0.15) is 0 Å². The molecule has 3 nitrogen and oxygen atoms in total. The number of rotatable bonds is 2. The van der Waals surface area contributed by atoms with Crippen molar-refractivity contribution in [2.24, 2.45) is 0 Å². The molecule has 114 valence electrons. The van der Waals surface area contributed by atoms with E-state index < -0.39 is 0 Å². The average molecular weight is 297 g/mol. The van der Waals surface area contributed by atoms with Crippen LogP contribution in [0.15, 0.2) is 42.7 Å². The summed E-state index contributed by atoms with van der Waals surface area (Å²) in [6.45, 7) is 3.91. The van der Waals surface area contributed by atoms with Crippen molar-refractivity contribution >= 4 is 5.69 Å². The van der Waals surface area contributed by atoms with Crippen molar-refractivity contribution < 1.29 is 4.39 Å². The summed E-state index contributed by atoms with van der Waals surface area (Å²) in [5.41, 5.74) is 3.27. The topological polar surface area (TPSA) is 28.2 Å². The third-order valence-electron chi connectivity index (χ3n) is 5.13. The van der Waals surface area contributed by atoms with Gasteiger partial charge in [0, 0.05) is 30.9 Å². The van der Waals surface area contributed by atoms with Gasteiger partial charge in [-0.25, -0.2) is 4.39 Å². The van der Waals surface area contributed by atoms with Gasteiger partial charge in [-0.3, -0.25) is 9.88 Å². The molecule has 0 atom stereocenters. The third-order valence-corrected chi connectivity index (χ3v) is 5.13. The summed E-state index contributed by atoms with van der Waals surface area (Å²) >= 11 is 0. The van der Waals surface area contributed by atoms with Crippen molar-refractivity contribution in [1.82, 2.24) is 9.88 Å². The number of para-hydroxylation sites is 1. The number of benzene rings is 1. The molecule has 22 heavy (non-hydrogen) atoms. The molecule has 0 aliphatic carbocycles. The maximum atomic E-state index is 13.9. The molecule has 1 aromatic heterocycles. The lowest BCUT2D eigenvalue weighted by Gasteiger charge is -2.39. The zero-order valence-corrected chi connectivity index (χ0v) is 12.6. The average Bonchev–Trinajstić information content (AvgIpc) is 2.91. The predicted octanol–water partition coefficient (Wildman–Crippen LogP) is 3.18. The molecular formula is C18H20FN3. The van der Waals surface area contributed by atoms with Crippen molar-refractivity contribution in [3.8, 4) is 0 Å². The third kappa shape index (κ3) is 2.28. The molecule has 1 saturated heterocycles. The second kappa shape index (κ2) is 5.36. The first kappa shape index (κ1) is 13.7. The number of likely N-dealkylation sites (tertiary alicyclic amines) is 1. The fraction of sp³-hybridized carbons (Fsp3) is 0.389. The Hall–Kier alpha value is -1.94. The minimum Gasteiger partial charge on any atom is -0.382 e. The number of pyridine rings is 1. The molecule has 0 amide bonds. The van der Waals surface area contributed by atoms with E-state index in [1.54, 1.807) is 6.07 Å². The van der Waals surface area contributed by atoms with Gasteiger partial charge in [-0.1, -0.05) is 18.2 Å². The summed E-state index contributed by atoms with van der Waals surface area (Å²) in [6, 6.07) is 9.59. The maximum absolute atomic E-state index is 13.9. The Labute approximate surface area is 130 Å². The van der Waals surface area contributed by atoms with Gasteiger partial charge in [-0.05, 0) is 49.2 Å². The van der Waals surface area contributed by atoms with Crippen LogP contribution in [0.25, 0.3) is 0 Å². The Bertz CT molecular complexity index is 663. The predicted molar refractivity (Wildman–Crippen MR) is 85.3 cm³/mol. The van der Waals surface area contributed by atoms with Gasteiger partial charge >= 0.3 is 0 Å². The van der Waals surface area contributed by atoms with Gasteiger partial charge in [0.2, 0.25) is 0 Å². The number of hydrogen-bond donors (Lipinski definition) is 1. The van der Waals surface area contributed by atoms with E-state index in [0.717, 1.165) is 44.7 Å². The van der Waals surface area contributed by atoms with Crippen LogP contribution in [0.2, 0.25) is 0 Å². The molecule has 1 fully saturated rings. The first-order chi connectivity index (χ1) is 10.8. The van der Waals surface area contributed by atoms with Crippen molar-refractivity contribution in [2.45, 2.75) is 24.8 Å². The molecule has 1 aromatic carbocycles. The highest BCUT2D eigenvalue weighted by atomic mass is 19.1. The van der Waals surface area contributed by atoms with Crippen LogP contribution >= 0.6 is 0 Å². The van der Waals surface area contributed by atoms with Crippen molar-refractivity contribution in [2.75, 3.05) is 25.0 Å². The number of aromatic nitrogens is 1. The smallest absolute Gasteiger partial charge is 0.146 e. The number of anilines is 1. The Morgan fingerprint density at radius 1 is 1.18 bits per heavy atom. The lowest BCUT2D eigenvalue weighted by Crippen LogP contribution is -2.43. The fourth-order valence-corrected chi connectivity index (χ4v) is 3.83. The second-order valence-corrected chi connectivity index (χ2v) is 6.43. The molecule has 4 heteroatoms. The van der Waals surface area contributed by atoms with Crippen LogP contribution in [0, 0.1) is 5.82 Å². The van der Waals surface area contributed by atoms with E-state index in [0.29, 0.717) is 0 Å². The van der Waals surface area contributed by atoms with Gasteiger partial charge in [0.1, 0.15) is 5.82 Å². The number of piperidine rings is 1. The van der Waals surface area contributed by atoms with Crippen molar-refractivity contribution in [3.05, 3.63) is 59.7 Å². The van der Waals surface area contributed by atoms with E-state index >= 15 is 0 Å². The molecule has 3 heterocycles. The quantitative estimate of drug-likeness (QED) is 0.923. The number of nitrogens with zero attached hydrogens (tertiary/aromatic N) is 2. The highest BCUT2D eigenvalue weighted by molar-refractivity contribution is 5.61. The zero-order valence-electron chi connectivity index (χ0n) is 12.6. The largest absolute Gasteiger partial charge is 0.382 e. The van der Waals surface area contributed by atoms with Gasteiger partial charge in [0.15, 0.2) is 0 Å². The number of hydrogen-bond acceptors (Lipinski definition) is 3. The van der Waals surface area contributed by atoms with Gasteiger partial charge < -0.3 is 5.32 Å². The van der Waals surface area contributed by atoms with Crippen molar-refractivity contribution in [1.29, 1.82) is 0 Å². The Balaban J connectivity index is 1.48. The van der Waals surface area contributed by atoms with Gasteiger partial charge in [0.05, 0.1) is 5.69 Å². The van der Waals surface area contributed by atoms with Gasteiger partial charge in [-0.15, -0.1) is 0 Å². The van der Waals surface area contributed by atoms with Crippen LogP contribution < -0.4 is 5.32 Å². The molecular weight excluding hydrogens is 277 g/mol. The molecule has 0 bridgehead atoms. The van der Waals surface area contributed by atoms with Crippen LogP contribution in [-0.4, -0.2) is 29.5 Å². The highest BCUT2D eigenvalue weighted by Crippen LogP contribution is 2.44. The van der Waals surface area contributed by atoms with Crippen LogP contribution in [0.5, 0.6) is 0 Å². The second-order valence-electron chi connectivity index (χ2n) is 6.43. The number of halogens is 1. The summed E-state index contributed by atoms with van der Waals surface area (Å²) in [5.74, 6) is -0.118. The number of fused-ring (bicyclic) bond motifs is 2. The summed E-state index contributed by atoms with van der Waals surface area (Å²) in [4.78, 5) is 6.65. The lowest BCUT2D eigenvalue weighted by molar-refractivity contribution is 0.162. The molecule has 0 radical (unpaired) electrons. The fourth-order valence-electron chi connectivity index (χ4n) is 3.83. The zero-order chi connectivity index (χ0) is 15.0. The maximum Gasteiger partial charge on any atom is 0.146 e. The molecule has 4 rings (SSSR count). The Morgan fingerprint density at radius 2 is 2.05 bits per heavy atom. The van der Waals surface area contributed by atoms with E-state index in [4.69, 9.17) is 0 Å². The number of nitrogens with one attached hydrogen (secondary N) is 1. The van der Waals surface area contributed by atoms with E-state index in [-0.39, 0.29) is 11.2 Å². The Morgan fingerprint density at radius 3 is 2.82 bits per heavy atom. The van der Waals surface area contributed by atoms with Crippen LogP contribution in [-0.2, 0) is 12.0 Å². The molecule has 1 N–H and O–H groups in total. The first-order valence-corrected chi connectivity index (χ1v) is 7.91. The van der Waals surface area contributed by atoms with E-state index in [1.807, 2.05) is 24.5 Å². The first-order valence-electron chi connectivity index (χ1n) is 7.91. The monoisotopic (exact) mass is 297 g/mol. The van der Waals surface area contributed by atoms with E-state index in [2.05, 4.69) is 27.3 Å². The summed E-state index contributed by atoms with van der Waals surface area (Å²) in [5, 5.41) is 3.29. The molecule has 0 saturated carbocycles. The molecule has 1 spiro atoms.